The minimum absolute atomic E-state index is 0.0848. The smallest absolute Gasteiger partial charge is 0.0956 e. The fourth-order valence-electron chi connectivity index (χ4n) is 4.52. The van der Waals surface area contributed by atoms with E-state index in [4.69, 9.17) is 4.74 Å². The number of piperazine rings is 1. The van der Waals surface area contributed by atoms with Gasteiger partial charge in [-0.2, -0.15) is 0 Å². The lowest BCUT2D eigenvalue weighted by Gasteiger charge is -2.40. The lowest BCUT2D eigenvalue weighted by Crippen LogP contribution is -2.51. The Kier molecular flexibility index (Phi) is 6.82. The Morgan fingerprint density at radius 1 is 0.862 bits per heavy atom. The summed E-state index contributed by atoms with van der Waals surface area (Å²) in [6.45, 7) is 9.31. The van der Waals surface area contributed by atoms with E-state index in [1.54, 1.807) is 0 Å². The van der Waals surface area contributed by atoms with Crippen LogP contribution in [0.5, 0.6) is 0 Å². The average molecular weight is 396 g/mol. The van der Waals surface area contributed by atoms with Gasteiger partial charge in [0.25, 0.3) is 0 Å². The molecule has 2 aliphatic rings. The van der Waals surface area contributed by atoms with Crippen LogP contribution in [-0.2, 0) is 4.74 Å². The quantitative estimate of drug-likeness (QED) is 0.814. The van der Waals surface area contributed by atoms with E-state index in [1.807, 2.05) is 6.07 Å². The molecule has 0 aliphatic carbocycles. The summed E-state index contributed by atoms with van der Waals surface area (Å²) in [7, 11) is 0. The molecule has 3 atom stereocenters. The maximum atomic E-state index is 10.7. The molecule has 0 amide bonds. The van der Waals surface area contributed by atoms with Gasteiger partial charge in [0.05, 0.1) is 18.3 Å². The molecule has 0 aromatic heterocycles. The second-order valence-electron chi connectivity index (χ2n) is 8.34. The van der Waals surface area contributed by atoms with Crippen LogP contribution in [0.25, 0.3) is 0 Å². The number of aliphatic hydroxyl groups excluding tert-OH is 1. The molecule has 3 unspecified atom stereocenters. The van der Waals surface area contributed by atoms with Crippen LogP contribution in [0, 0.1) is 0 Å². The molecule has 156 valence electrons. The molecule has 2 heterocycles. The molecule has 1 N–H and O–H groups in total. The summed E-state index contributed by atoms with van der Waals surface area (Å²) in [6.07, 6.45) is -0.0721. The number of aliphatic hydroxyl groups is 1. The summed E-state index contributed by atoms with van der Waals surface area (Å²) < 4.78 is 6.15. The van der Waals surface area contributed by atoms with Gasteiger partial charge in [0.1, 0.15) is 0 Å². The van der Waals surface area contributed by atoms with Crippen molar-refractivity contribution < 1.29 is 9.84 Å². The third kappa shape index (κ3) is 5.58. The van der Waals surface area contributed by atoms with Crippen molar-refractivity contribution in [3.8, 4) is 0 Å². The first-order valence-corrected chi connectivity index (χ1v) is 10.8. The fraction of sp³-hybridized carbons (Fsp3) is 0.500. The van der Waals surface area contributed by atoms with E-state index in [0.29, 0.717) is 6.54 Å². The number of ether oxygens (including phenoxy) is 1. The molecule has 2 aromatic carbocycles. The molecule has 4 rings (SSSR count). The van der Waals surface area contributed by atoms with Crippen LogP contribution in [0.3, 0.4) is 0 Å². The standard InChI is InChI=1S/C24H33N3O2/c1-20-16-26(19-24(29-20)21-8-4-2-5-9-21)18-23(28)17-25-12-14-27(15-13-25)22-10-6-3-7-11-22/h2-11,20,23-24,28H,12-19H2,1H3. The van der Waals surface area contributed by atoms with E-state index in [-0.39, 0.29) is 18.3 Å². The van der Waals surface area contributed by atoms with E-state index >= 15 is 0 Å². The summed E-state index contributed by atoms with van der Waals surface area (Å²) in [5.41, 5.74) is 2.51. The third-order valence-corrected chi connectivity index (χ3v) is 5.94. The molecular formula is C24H33N3O2. The number of hydrogen-bond donors (Lipinski definition) is 1. The van der Waals surface area contributed by atoms with Gasteiger partial charge < -0.3 is 14.7 Å². The van der Waals surface area contributed by atoms with Crippen LogP contribution >= 0.6 is 0 Å². The van der Waals surface area contributed by atoms with Crippen LogP contribution in [0.4, 0.5) is 5.69 Å². The van der Waals surface area contributed by atoms with Crippen LogP contribution in [0.2, 0.25) is 0 Å². The number of para-hydroxylation sites is 1. The Bertz CT molecular complexity index is 734. The van der Waals surface area contributed by atoms with E-state index in [1.165, 1.54) is 11.3 Å². The van der Waals surface area contributed by atoms with Crippen molar-refractivity contribution in [3.63, 3.8) is 0 Å². The third-order valence-electron chi connectivity index (χ3n) is 5.94. The second kappa shape index (κ2) is 9.72. The van der Waals surface area contributed by atoms with Crippen molar-refractivity contribution in [2.45, 2.75) is 25.2 Å². The molecule has 0 bridgehead atoms. The van der Waals surface area contributed by atoms with Gasteiger partial charge in [-0.25, -0.2) is 0 Å². The maximum Gasteiger partial charge on any atom is 0.0956 e. The predicted molar refractivity (Wildman–Crippen MR) is 117 cm³/mol. The number of benzene rings is 2. The molecule has 0 spiro atoms. The molecule has 2 fully saturated rings. The lowest BCUT2D eigenvalue weighted by molar-refractivity contribution is -0.0881. The Labute approximate surface area is 174 Å². The zero-order valence-corrected chi connectivity index (χ0v) is 17.4. The maximum absolute atomic E-state index is 10.7. The average Bonchev–Trinajstić information content (AvgIpc) is 2.75. The van der Waals surface area contributed by atoms with Crippen LogP contribution in [0.1, 0.15) is 18.6 Å². The summed E-state index contributed by atoms with van der Waals surface area (Å²) in [5, 5.41) is 10.7. The van der Waals surface area contributed by atoms with Crippen molar-refractivity contribution in [2.75, 3.05) is 57.3 Å². The van der Waals surface area contributed by atoms with Crippen molar-refractivity contribution in [1.29, 1.82) is 0 Å². The molecule has 2 saturated heterocycles. The highest BCUT2D eigenvalue weighted by Gasteiger charge is 2.28. The summed E-state index contributed by atoms with van der Waals surface area (Å²) in [6, 6.07) is 21.0. The molecule has 0 saturated carbocycles. The van der Waals surface area contributed by atoms with Gasteiger partial charge in [-0.05, 0) is 24.6 Å². The molecule has 2 aliphatic heterocycles. The first-order valence-electron chi connectivity index (χ1n) is 10.8. The molecule has 0 radical (unpaired) electrons. The van der Waals surface area contributed by atoms with Gasteiger partial charge in [-0.1, -0.05) is 48.5 Å². The Hall–Kier alpha value is -1.92. The summed E-state index contributed by atoms with van der Waals surface area (Å²) >= 11 is 0. The number of rotatable bonds is 6. The first-order chi connectivity index (χ1) is 14.2. The number of nitrogens with zero attached hydrogens (tertiary/aromatic N) is 3. The van der Waals surface area contributed by atoms with Crippen LogP contribution in [-0.4, -0.2) is 79.5 Å². The van der Waals surface area contributed by atoms with Crippen molar-refractivity contribution in [2.24, 2.45) is 0 Å². The minimum Gasteiger partial charge on any atom is -0.390 e. The normalized spacial score (nSPS) is 25.1. The van der Waals surface area contributed by atoms with Gasteiger partial charge in [-0.3, -0.25) is 9.80 Å². The van der Waals surface area contributed by atoms with Crippen LogP contribution in [0.15, 0.2) is 60.7 Å². The minimum atomic E-state index is -0.333. The molecule has 5 heteroatoms. The zero-order valence-electron chi connectivity index (χ0n) is 17.4. The topological polar surface area (TPSA) is 39.2 Å². The van der Waals surface area contributed by atoms with Gasteiger partial charge in [0.2, 0.25) is 0 Å². The summed E-state index contributed by atoms with van der Waals surface area (Å²) in [5.74, 6) is 0. The Morgan fingerprint density at radius 2 is 1.48 bits per heavy atom. The van der Waals surface area contributed by atoms with Gasteiger partial charge >= 0.3 is 0 Å². The van der Waals surface area contributed by atoms with Crippen molar-refractivity contribution in [1.82, 2.24) is 9.80 Å². The zero-order chi connectivity index (χ0) is 20.1. The Morgan fingerprint density at radius 3 is 2.17 bits per heavy atom. The van der Waals surface area contributed by atoms with Crippen LogP contribution < -0.4 is 4.90 Å². The number of morpholine rings is 1. The predicted octanol–water partition coefficient (Wildman–Crippen LogP) is 2.63. The SMILES string of the molecule is CC1CN(CC(O)CN2CCN(c3ccccc3)CC2)CC(c2ccccc2)O1. The summed E-state index contributed by atoms with van der Waals surface area (Å²) in [4.78, 5) is 7.18. The highest BCUT2D eigenvalue weighted by molar-refractivity contribution is 5.46. The van der Waals surface area contributed by atoms with E-state index in [0.717, 1.165) is 45.8 Å². The van der Waals surface area contributed by atoms with Gasteiger partial charge in [0, 0.05) is 58.0 Å². The molecule has 5 nitrogen and oxygen atoms in total. The number of anilines is 1. The molecule has 29 heavy (non-hydrogen) atoms. The number of β-amino-alcohol motifs (C(OH)–C–C–N with tert-alkyl or cyclic N) is 1. The van der Waals surface area contributed by atoms with Crippen molar-refractivity contribution in [3.05, 3.63) is 66.2 Å². The lowest BCUT2D eigenvalue weighted by atomic mass is 10.1. The van der Waals surface area contributed by atoms with E-state index in [2.05, 4.69) is 76.2 Å². The largest absolute Gasteiger partial charge is 0.390 e. The van der Waals surface area contributed by atoms with E-state index in [9.17, 15) is 5.11 Å². The monoisotopic (exact) mass is 395 g/mol. The number of hydrogen-bond acceptors (Lipinski definition) is 5. The highest BCUT2D eigenvalue weighted by atomic mass is 16.5. The van der Waals surface area contributed by atoms with Crippen molar-refractivity contribution >= 4 is 5.69 Å². The second-order valence-corrected chi connectivity index (χ2v) is 8.34. The van der Waals surface area contributed by atoms with E-state index < -0.39 is 0 Å². The molecule has 2 aromatic rings. The highest BCUT2D eigenvalue weighted by Crippen LogP contribution is 2.25. The van der Waals surface area contributed by atoms with Gasteiger partial charge in [0.15, 0.2) is 0 Å². The van der Waals surface area contributed by atoms with Gasteiger partial charge in [-0.15, -0.1) is 0 Å². The fourth-order valence-corrected chi connectivity index (χ4v) is 4.52. The first kappa shape index (κ1) is 20.4. The Balaban J connectivity index is 1.25. The molecular weight excluding hydrogens is 362 g/mol.